The molecule has 1 atom stereocenters. The number of ether oxygens (including phenoxy) is 1. The average molecular weight is 436 g/mol. The van der Waals surface area contributed by atoms with Crippen molar-refractivity contribution in [1.29, 1.82) is 0 Å². The van der Waals surface area contributed by atoms with Crippen molar-refractivity contribution in [2.75, 3.05) is 18.2 Å². The number of methoxy groups -OCH3 is 1. The molecule has 0 saturated carbocycles. The number of anilines is 3. The normalized spacial score (nSPS) is 11.9. The number of aromatic nitrogens is 5. The van der Waals surface area contributed by atoms with Gasteiger partial charge in [0.1, 0.15) is 22.5 Å². The molecule has 11 nitrogen and oxygen atoms in total. The summed E-state index contributed by atoms with van der Waals surface area (Å²) < 4.78 is 29.0. The van der Waals surface area contributed by atoms with Crippen molar-refractivity contribution in [3.8, 4) is 17.1 Å². The average Bonchev–Trinajstić information content (AvgIpc) is 2.67. The second-order valence-corrected chi connectivity index (χ2v) is 6.81. The number of hydrogen-bond donors (Lipinski definition) is 3. The molecule has 1 unspecified atom stereocenters. The Labute approximate surface area is 173 Å². The predicted molar refractivity (Wildman–Crippen MR) is 107 cm³/mol. The number of nitrogens with one attached hydrogen (secondary N) is 2. The number of rotatable bonds is 7. The van der Waals surface area contributed by atoms with Gasteiger partial charge in [-0.15, -0.1) is 0 Å². The maximum atomic E-state index is 10.7. The minimum Gasteiger partial charge on any atom is -0.760 e. The summed E-state index contributed by atoms with van der Waals surface area (Å²) in [6.45, 7) is 1.69. The number of hydrogen-bond acceptors (Lipinski definition) is 10. The molecule has 0 fully saturated rings. The lowest BCUT2D eigenvalue weighted by Crippen LogP contribution is -2.16. The van der Waals surface area contributed by atoms with Crippen LogP contribution in [-0.4, -0.2) is 40.8 Å². The number of nitrogens with two attached hydrogens (primary N) is 1. The summed E-state index contributed by atoms with van der Waals surface area (Å²) in [6.07, 6.45) is 3.01. The Kier molecular flexibility index (Phi) is 6.49. The molecule has 13 heteroatoms. The number of nitrogen functional groups attached to an aromatic ring is 1. The molecular weight excluding hydrogens is 420 g/mol. The minimum atomic E-state index is -2.42. The van der Waals surface area contributed by atoms with Crippen LogP contribution < -0.4 is 20.5 Å². The lowest BCUT2D eigenvalue weighted by atomic mass is 10.2. The lowest BCUT2D eigenvalue weighted by molar-refractivity contribution is 0.413. The summed E-state index contributed by atoms with van der Waals surface area (Å²) >= 11 is 3.61. The second-order valence-electron chi connectivity index (χ2n) is 5.69. The summed E-state index contributed by atoms with van der Waals surface area (Å²) in [5, 5.41) is 3.28. The van der Waals surface area contributed by atoms with E-state index in [1.807, 2.05) is 0 Å². The molecule has 3 heterocycles. The maximum absolute atomic E-state index is 10.7. The van der Waals surface area contributed by atoms with E-state index in [0.717, 1.165) is 0 Å². The van der Waals surface area contributed by atoms with Crippen LogP contribution in [0.5, 0.6) is 5.75 Å². The maximum Gasteiger partial charge on any atom is 0.223 e. The SMILES string of the molecule is COc1cnc(Nc2cnc(Cl)c(CNS(=O)[O-])c2)c(-c2nc(C)nc(N)n2)c1. The second kappa shape index (κ2) is 9.05. The molecule has 0 aliphatic rings. The van der Waals surface area contributed by atoms with Crippen LogP contribution in [0, 0.1) is 6.92 Å². The highest BCUT2D eigenvalue weighted by Gasteiger charge is 2.14. The van der Waals surface area contributed by atoms with Crippen LogP contribution in [0.1, 0.15) is 11.4 Å². The minimum absolute atomic E-state index is 0.0104. The van der Waals surface area contributed by atoms with Gasteiger partial charge in [0.05, 0.1) is 30.8 Å². The van der Waals surface area contributed by atoms with Crippen molar-refractivity contribution in [3.05, 3.63) is 41.1 Å². The zero-order valence-corrected chi connectivity index (χ0v) is 16.9. The molecule has 3 aromatic heterocycles. The summed E-state index contributed by atoms with van der Waals surface area (Å²) in [5.74, 6) is 1.75. The highest BCUT2D eigenvalue weighted by atomic mass is 35.5. The molecule has 0 aromatic carbocycles. The van der Waals surface area contributed by atoms with E-state index >= 15 is 0 Å². The van der Waals surface area contributed by atoms with Gasteiger partial charge in [0.15, 0.2) is 5.82 Å². The van der Waals surface area contributed by atoms with Crippen LogP contribution in [0.4, 0.5) is 17.5 Å². The summed E-state index contributed by atoms with van der Waals surface area (Å²) in [6, 6.07) is 3.36. The van der Waals surface area contributed by atoms with Gasteiger partial charge in [0.25, 0.3) is 0 Å². The van der Waals surface area contributed by atoms with Gasteiger partial charge >= 0.3 is 0 Å². The Balaban J connectivity index is 1.99. The largest absolute Gasteiger partial charge is 0.760 e. The third kappa shape index (κ3) is 5.32. The Hall–Kier alpha value is -2.93. The Bertz CT molecular complexity index is 1050. The van der Waals surface area contributed by atoms with Gasteiger partial charge in [0.2, 0.25) is 5.95 Å². The van der Waals surface area contributed by atoms with Gasteiger partial charge in [0, 0.05) is 23.4 Å². The van der Waals surface area contributed by atoms with Crippen LogP contribution in [0.2, 0.25) is 5.15 Å². The topological polar surface area (TPSA) is 164 Å². The summed E-state index contributed by atoms with van der Waals surface area (Å²) in [5.41, 5.74) is 7.28. The number of aryl methyl sites for hydroxylation is 1. The van der Waals surface area contributed by atoms with Crippen molar-refractivity contribution < 1.29 is 13.5 Å². The Morgan fingerprint density at radius 1 is 1.24 bits per heavy atom. The Morgan fingerprint density at radius 2 is 2.03 bits per heavy atom. The van der Waals surface area contributed by atoms with Crippen molar-refractivity contribution >= 4 is 40.3 Å². The molecule has 0 spiro atoms. The standard InChI is InChI=1S/C16H17ClN8O3S/c1-8-22-15(25-16(18)23-8)12-4-11(28-2)7-20-14(12)24-10-3-9(5-21-29(26)27)13(17)19-6-10/h3-4,6-7,21H,5H2,1-2H3,(H,20,24)(H,26,27)(H2,18,22,23,25)/p-1. The van der Waals surface area contributed by atoms with E-state index in [1.165, 1.54) is 19.5 Å². The molecule has 0 bridgehead atoms. The van der Waals surface area contributed by atoms with E-state index in [0.29, 0.717) is 40.0 Å². The van der Waals surface area contributed by atoms with Gasteiger partial charge in [-0.2, -0.15) is 9.97 Å². The van der Waals surface area contributed by atoms with E-state index in [4.69, 9.17) is 22.1 Å². The fourth-order valence-electron chi connectivity index (χ4n) is 2.41. The molecule has 152 valence electrons. The van der Waals surface area contributed by atoms with E-state index < -0.39 is 11.3 Å². The van der Waals surface area contributed by atoms with Crippen LogP contribution in [0.25, 0.3) is 11.4 Å². The lowest BCUT2D eigenvalue weighted by Gasteiger charge is -2.14. The number of halogens is 1. The molecule has 0 aliphatic heterocycles. The predicted octanol–water partition coefficient (Wildman–Crippen LogP) is 1.51. The van der Waals surface area contributed by atoms with Gasteiger partial charge in [-0.05, 0) is 19.1 Å². The van der Waals surface area contributed by atoms with Crippen LogP contribution in [0.3, 0.4) is 0 Å². The van der Waals surface area contributed by atoms with Gasteiger partial charge in [-0.25, -0.2) is 19.7 Å². The van der Waals surface area contributed by atoms with E-state index in [2.05, 4.69) is 35.0 Å². The molecular formula is C16H16ClN8O3S-. The van der Waals surface area contributed by atoms with Crippen LogP contribution >= 0.6 is 11.6 Å². The van der Waals surface area contributed by atoms with Gasteiger partial charge < -0.3 is 20.3 Å². The molecule has 0 radical (unpaired) electrons. The zero-order chi connectivity index (χ0) is 21.0. The van der Waals surface area contributed by atoms with E-state index in [1.54, 1.807) is 19.1 Å². The van der Waals surface area contributed by atoms with Gasteiger partial charge in [-0.3, -0.25) is 4.21 Å². The third-order valence-corrected chi connectivity index (χ3v) is 4.38. The molecule has 4 N–H and O–H groups in total. The van der Waals surface area contributed by atoms with Crippen LogP contribution in [0.15, 0.2) is 24.5 Å². The van der Waals surface area contributed by atoms with Crippen LogP contribution in [-0.2, 0) is 17.8 Å². The first kappa shape index (κ1) is 20.8. The molecule has 29 heavy (non-hydrogen) atoms. The van der Waals surface area contributed by atoms with Crippen molar-refractivity contribution in [1.82, 2.24) is 29.6 Å². The van der Waals surface area contributed by atoms with Crippen molar-refractivity contribution in [2.24, 2.45) is 0 Å². The fraction of sp³-hybridized carbons (Fsp3) is 0.188. The first-order valence-electron chi connectivity index (χ1n) is 8.12. The molecule has 0 amide bonds. The zero-order valence-electron chi connectivity index (χ0n) is 15.3. The smallest absolute Gasteiger partial charge is 0.223 e. The number of pyridine rings is 2. The summed E-state index contributed by atoms with van der Waals surface area (Å²) in [7, 11) is 1.52. The van der Waals surface area contributed by atoms with E-state index in [9.17, 15) is 8.76 Å². The first-order chi connectivity index (χ1) is 13.9. The molecule has 0 aliphatic carbocycles. The van der Waals surface area contributed by atoms with Crippen molar-refractivity contribution in [3.63, 3.8) is 0 Å². The van der Waals surface area contributed by atoms with Crippen molar-refractivity contribution in [2.45, 2.75) is 13.5 Å². The first-order valence-corrected chi connectivity index (χ1v) is 9.57. The highest BCUT2D eigenvalue weighted by Crippen LogP contribution is 2.30. The third-order valence-electron chi connectivity index (χ3n) is 3.66. The monoisotopic (exact) mass is 435 g/mol. The van der Waals surface area contributed by atoms with Gasteiger partial charge in [-0.1, -0.05) is 11.6 Å². The van der Waals surface area contributed by atoms with E-state index in [-0.39, 0.29) is 17.6 Å². The Morgan fingerprint density at radius 3 is 2.72 bits per heavy atom. The fourth-order valence-corrected chi connectivity index (χ4v) is 2.85. The highest BCUT2D eigenvalue weighted by molar-refractivity contribution is 7.77. The molecule has 3 aromatic rings. The quantitative estimate of drug-likeness (QED) is 0.365. The molecule has 3 rings (SSSR count). The molecule has 0 saturated heterocycles. The number of nitrogens with zero attached hydrogens (tertiary/aromatic N) is 5. The summed E-state index contributed by atoms with van der Waals surface area (Å²) in [4.78, 5) is 20.9.